The van der Waals surface area contributed by atoms with Crippen molar-refractivity contribution in [2.75, 3.05) is 18.8 Å². The molecular formula is C22H23N7O2. The lowest BCUT2D eigenvalue weighted by Gasteiger charge is -2.31. The summed E-state index contributed by atoms with van der Waals surface area (Å²) in [5.74, 6) is 0.518. The third-order valence-corrected chi connectivity index (χ3v) is 6.12. The van der Waals surface area contributed by atoms with Crippen LogP contribution in [0.3, 0.4) is 0 Å². The average Bonchev–Trinajstić information content (AvgIpc) is 3.04. The van der Waals surface area contributed by atoms with Crippen LogP contribution in [0.5, 0.6) is 0 Å². The van der Waals surface area contributed by atoms with Crippen LogP contribution in [0.4, 0.5) is 5.82 Å². The van der Waals surface area contributed by atoms with E-state index in [1.165, 1.54) is 0 Å². The molecule has 0 unspecified atom stereocenters. The van der Waals surface area contributed by atoms with Crippen LogP contribution in [-0.2, 0) is 11.8 Å². The van der Waals surface area contributed by atoms with Gasteiger partial charge in [-0.2, -0.15) is 0 Å². The summed E-state index contributed by atoms with van der Waals surface area (Å²) in [4.78, 5) is 40.3. The largest absolute Gasteiger partial charge is 0.384 e. The molecule has 4 aromatic heterocycles. The molecule has 1 saturated heterocycles. The van der Waals surface area contributed by atoms with Gasteiger partial charge in [0, 0.05) is 44.9 Å². The van der Waals surface area contributed by atoms with E-state index in [-0.39, 0.29) is 17.6 Å². The summed E-state index contributed by atoms with van der Waals surface area (Å²) < 4.78 is 3.47. The van der Waals surface area contributed by atoms with Gasteiger partial charge in [0.25, 0.3) is 0 Å². The van der Waals surface area contributed by atoms with E-state index in [0.717, 1.165) is 40.6 Å². The number of fused-ring (bicyclic) bond motifs is 3. The quantitative estimate of drug-likeness (QED) is 0.535. The van der Waals surface area contributed by atoms with Crippen LogP contribution in [0.15, 0.2) is 41.5 Å². The molecule has 5 heterocycles. The summed E-state index contributed by atoms with van der Waals surface area (Å²) in [6.07, 6.45) is 4.87. The Bertz CT molecular complexity index is 1360. The lowest BCUT2D eigenvalue weighted by atomic mass is 10.0. The van der Waals surface area contributed by atoms with Crippen LogP contribution < -0.4 is 11.4 Å². The van der Waals surface area contributed by atoms with Gasteiger partial charge in [0.15, 0.2) is 0 Å². The van der Waals surface area contributed by atoms with Crippen molar-refractivity contribution in [1.29, 1.82) is 0 Å². The second kappa shape index (κ2) is 7.19. The number of aryl methyl sites for hydroxylation is 1. The monoisotopic (exact) mass is 417 g/mol. The molecular weight excluding hydrogens is 394 g/mol. The van der Waals surface area contributed by atoms with Gasteiger partial charge in [-0.25, -0.2) is 14.8 Å². The van der Waals surface area contributed by atoms with Gasteiger partial charge < -0.3 is 10.6 Å². The first-order valence-corrected chi connectivity index (χ1v) is 10.3. The molecule has 158 valence electrons. The van der Waals surface area contributed by atoms with Gasteiger partial charge in [-0.05, 0) is 37.1 Å². The first kappa shape index (κ1) is 19.2. The molecule has 0 aliphatic carbocycles. The summed E-state index contributed by atoms with van der Waals surface area (Å²) in [6, 6.07) is 7.42. The Morgan fingerprint density at radius 3 is 2.55 bits per heavy atom. The molecule has 9 nitrogen and oxygen atoms in total. The number of nitrogen functional groups attached to an aromatic ring is 1. The summed E-state index contributed by atoms with van der Waals surface area (Å²) in [5, 5.41) is 0. The smallest absolute Gasteiger partial charge is 0.329 e. The highest BCUT2D eigenvalue weighted by Gasteiger charge is 2.27. The molecule has 5 rings (SSSR count). The van der Waals surface area contributed by atoms with Crippen molar-refractivity contribution in [3.05, 3.63) is 47.1 Å². The first-order chi connectivity index (χ1) is 14.9. The molecule has 0 aromatic carbocycles. The maximum Gasteiger partial charge on any atom is 0.329 e. The van der Waals surface area contributed by atoms with Crippen molar-refractivity contribution in [3.63, 3.8) is 0 Å². The summed E-state index contributed by atoms with van der Waals surface area (Å²) in [6.45, 7) is 2.87. The van der Waals surface area contributed by atoms with E-state index in [1.54, 1.807) is 37.0 Å². The molecule has 4 aromatic rings. The Morgan fingerprint density at radius 2 is 1.87 bits per heavy atom. The molecule has 1 aliphatic heterocycles. The lowest BCUT2D eigenvalue weighted by molar-refractivity contribution is -0.130. The molecule has 1 amide bonds. The number of carbonyl (C=O) groups excluding carboxylic acids is 1. The van der Waals surface area contributed by atoms with Gasteiger partial charge in [-0.1, -0.05) is 0 Å². The van der Waals surface area contributed by atoms with E-state index in [1.807, 2.05) is 27.7 Å². The van der Waals surface area contributed by atoms with Crippen molar-refractivity contribution < 1.29 is 4.79 Å². The van der Waals surface area contributed by atoms with Gasteiger partial charge >= 0.3 is 5.69 Å². The molecule has 0 spiro atoms. The Hall–Kier alpha value is -3.75. The number of anilines is 1. The predicted molar refractivity (Wildman–Crippen MR) is 118 cm³/mol. The van der Waals surface area contributed by atoms with E-state index in [2.05, 4.69) is 9.97 Å². The minimum atomic E-state index is -0.0908. The van der Waals surface area contributed by atoms with Crippen molar-refractivity contribution in [2.45, 2.75) is 25.8 Å². The number of nitrogens with two attached hydrogens (primary N) is 1. The highest BCUT2D eigenvalue weighted by Crippen LogP contribution is 2.30. The maximum atomic E-state index is 13.2. The van der Waals surface area contributed by atoms with Crippen LogP contribution in [0.25, 0.3) is 33.3 Å². The van der Waals surface area contributed by atoms with E-state index >= 15 is 0 Å². The lowest BCUT2D eigenvalue weighted by Crippen LogP contribution is -2.39. The van der Waals surface area contributed by atoms with Gasteiger partial charge in [0.1, 0.15) is 11.3 Å². The minimum absolute atomic E-state index is 0.000969. The number of nitrogens with zero attached hydrogens (tertiary/aromatic N) is 6. The summed E-state index contributed by atoms with van der Waals surface area (Å²) >= 11 is 0. The van der Waals surface area contributed by atoms with Crippen LogP contribution in [0.2, 0.25) is 0 Å². The Kier molecular flexibility index (Phi) is 4.46. The van der Waals surface area contributed by atoms with E-state index in [0.29, 0.717) is 24.4 Å². The van der Waals surface area contributed by atoms with E-state index in [9.17, 15) is 9.59 Å². The van der Waals surface area contributed by atoms with Crippen molar-refractivity contribution in [2.24, 2.45) is 7.05 Å². The second-order valence-corrected chi connectivity index (χ2v) is 7.98. The Balaban J connectivity index is 1.69. The molecule has 0 bridgehead atoms. The molecule has 0 radical (unpaired) electrons. The molecule has 1 fully saturated rings. The van der Waals surface area contributed by atoms with E-state index in [4.69, 9.17) is 10.7 Å². The highest BCUT2D eigenvalue weighted by atomic mass is 16.2. The number of likely N-dealkylation sites (tertiary alicyclic amines) is 1. The van der Waals surface area contributed by atoms with Gasteiger partial charge in [0.05, 0.1) is 28.4 Å². The van der Waals surface area contributed by atoms with Crippen LogP contribution >= 0.6 is 0 Å². The normalized spacial score (nSPS) is 15.1. The van der Waals surface area contributed by atoms with Crippen molar-refractivity contribution in [1.82, 2.24) is 29.0 Å². The number of rotatable bonds is 2. The number of carbonyl (C=O) groups is 1. The number of pyridine rings is 3. The standard InChI is InChI=1S/C22H23N7O2/c1-13(30)28-9-7-15(8-10-28)29-21-18(27(2)22(29)31)12-24-17-5-4-16(26-20(17)21)14-3-6-19(23)25-11-14/h3-6,11-12,15H,7-10H2,1-2H3,(H2,23,25). The number of amides is 1. The molecule has 0 atom stereocenters. The number of piperidine rings is 1. The third-order valence-electron chi connectivity index (χ3n) is 6.12. The Labute approximate surface area is 178 Å². The Morgan fingerprint density at radius 1 is 1.10 bits per heavy atom. The summed E-state index contributed by atoms with van der Waals surface area (Å²) in [7, 11) is 1.76. The topological polar surface area (TPSA) is 112 Å². The summed E-state index contributed by atoms with van der Waals surface area (Å²) in [5.41, 5.74) is 10.1. The number of hydrogen-bond acceptors (Lipinski definition) is 6. The number of imidazole rings is 1. The third kappa shape index (κ3) is 3.13. The fourth-order valence-electron chi connectivity index (χ4n) is 4.38. The zero-order valence-corrected chi connectivity index (χ0v) is 17.4. The van der Waals surface area contributed by atoms with Gasteiger partial charge in [-0.15, -0.1) is 0 Å². The van der Waals surface area contributed by atoms with Crippen LogP contribution in [-0.4, -0.2) is 48.0 Å². The fourth-order valence-corrected chi connectivity index (χ4v) is 4.38. The van der Waals surface area contributed by atoms with Crippen molar-refractivity contribution >= 4 is 33.8 Å². The SMILES string of the molecule is CC(=O)N1CCC(n2c(=O)n(C)c3cnc4ccc(-c5ccc(N)nc5)nc4c32)CC1. The predicted octanol–water partition coefficient (Wildman–Crippen LogP) is 2.11. The minimum Gasteiger partial charge on any atom is -0.384 e. The molecule has 1 aliphatic rings. The molecule has 2 N–H and O–H groups in total. The van der Waals surface area contributed by atoms with Gasteiger partial charge in [0.2, 0.25) is 5.91 Å². The average molecular weight is 417 g/mol. The van der Waals surface area contributed by atoms with E-state index < -0.39 is 0 Å². The molecule has 0 saturated carbocycles. The van der Waals surface area contributed by atoms with Crippen LogP contribution in [0.1, 0.15) is 25.8 Å². The number of hydrogen-bond donors (Lipinski definition) is 1. The maximum absolute atomic E-state index is 13.2. The zero-order valence-electron chi connectivity index (χ0n) is 17.4. The molecule has 31 heavy (non-hydrogen) atoms. The van der Waals surface area contributed by atoms with Crippen molar-refractivity contribution in [3.8, 4) is 11.3 Å². The second-order valence-electron chi connectivity index (χ2n) is 7.98. The highest BCUT2D eigenvalue weighted by molar-refractivity contribution is 6.00. The zero-order chi connectivity index (χ0) is 21.7. The fraction of sp³-hybridized carbons (Fsp3) is 0.318. The number of aromatic nitrogens is 5. The first-order valence-electron chi connectivity index (χ1n) is 10.3. The van der Waals surface area contributed by atoms with Crippen LogP contribution in [0, 0.1) is 0 Å². The van der Waals surface area contributed by atoms with Gasteiger partial charge in [-0.3, -0.25) is 18.9 Å². The molecule has 9 heteroatoms.